The molecule has 3 heterocycles. The lowest BCUT2D eigenvalue weighted by atomic mass is 9.98. The van der Waals surface area contributed by atoms with Gasteiger partial charge in [-0.25, -0.2) is 0 Å². The third-order valence-corrected chi connectivity index (χ3v) is 15.0. The molecular formula is C60H37NOS2. The molecule has 0 atom stereocenters. The largest absolute Gasteiger partial charge is 0.456 e. The number of anilines is 3. The molecule has 2 nitrogen and oxygen atoms in total. The average Bonchev–Trinajstić information content (AvgIpc) is 4.06. The van der Waals surface area contributed by atoms with Crippen molar-refractivity contribution in [2.45, 2.75) is 0 Å². The maximum Gasteiger partial charge on any atom is 0.136 e. The molecule has 64 heavy (non-hydrogen) atoms. The van der Waals surface area contributed by atoms with Gasteiger partial charge in [0.1, 0.15) is 11.2 Å². The van der Waals surface area contributed by atoms with Crippen LogP contribution in [0.4, 0.5) is 17.1 Å². The van der Waals surface area contributed by atoms with Gasteiger partial charge in [-0.15, -0.1) is 22.7 Å². The summed E-state index contributed by atoms with van der Waals surface area (Å²) in [6.07, 6.45) is 0. The van der Waals surface area contributed by atoms with Crippen molar-refractivity contribution in [2.24, 2.45) is 0 Å². The number of benzene rings is 10. The molecule has 0 saturated carbocycles. The molecule has 0 bridgehead atoms. The minimum Gasteiger partial charge on any atom is -0.456 e. The van der Waals surface area contributed by atoms with Crippen molar-refractivity contribution >= 4 is 102 Å². The van der Waals surface area contributed by atoms with Gasteiger partial charge in [0, 0.05) is 68.2 Å². The quantitative estimate of drug-likeness (QED) is 0.159. The molecule has 0 N–H and O–H groups in total. The Bertz CT molecular complexity index is 3720. The van der Waals surface area contributed by atoms with Crippen molar-refractivity contribution in [1.29, 1.82) is 0 Å². The molecule has 0 fully saturated rings. The van der Waals surface area contributed by atoms with E-state index in [9.17, 15) is 0 Å². The van der Waals surface area contributed by atoms with Crippen LogP contribution in [0.15, 0.2) is 229 Å². The summed E-state index contributed by atoms with van der Waals surface area (Å²) >= 11 is 3.73. The Morgan fingerprint density at radius 3 is 1.39 bits per heavy atom. The van der Waals surface area contributed by atoms with E-state index in [1.54, 1.807) is 0 Å². The van der Waals surface area contributed by atoms with E-state index in [0.717, 1.165) is 50.1 Å². The second kappa shape index (κ2) is 15.0. The van der Waals surface area contributed by atoms with Gasteiger partial charge in [-0.1, -0.05) is 152 Å². The van der Waals surface area contributed by atoms with Crippen molar-refractivity contribution < 1.29 is 4.42 Å². The molecule has 0 aliphatic carbocycles. The molecule has 13 aromatic rings. The van der Waals surface area contributed by atoms with Gasteiger partial charge >= 0.3 is 0 Å². The Balaban J connectivity index is 0.859. The third kappa shape index (κ3) is 6.14. The predicted octanol–water partition coefficient (Wildman–Crippen LogP) is 18.5. The zero-order chi connectivity index (χ0) is 42.1. The molecule has 0 unspecified atom stereocenters. The summed E-state index contributed by atoms with van der Waals surface area (Å²) in [5.41, 5.74) is 14.7. The van der Waals surface area contributed by atoms with Crippen molar-refractivity contribution in [3.8, 4) is 44.5 Å². The molecule has 0 radical (unpaired) electrons. The zero-order valence-electron chi connectivity index (χ0n) is 34.5. The van der Waals surface area contributed by atoms with Crippen LogP contribution in [0, 0.1) is 0 Å². The number of thiophene rings is 2. The lowest BCUT2D eigenvalue weighted by Gasteiger charge is -2.26. The Kier molecular flexibility index (Phi) is 8.61. The molecular weight excluding hydrogens is 815 g/mol. The van der Waals surface area contributed by atoms with E-state index in [-0.39, 0.29) is 0 Å². The molecule has 0 amide bonds. The summed E-state index contributed by atoms with van der Waals surface area (Å²) in [4.78, 5) is 2.36. The highest BCUT2D eigenvalue weighted by Gasteiger charge is 2.17. The summed E-state index contributed by atoms with van der Waals surface area (Å²) in [6.45, 7) is 0. The summed E-state index contributed by atoms with van der Waals surface area (Å²) in [5, 5.41) is 7.57. The lowest BCUT2D eigenvalue weighted by molar-refractivity contribution is 0.669. The van der Waals surface area contributed by atoms with E-state index < -0.39 is 0 Å². The zero-order valence-corrected chi connectivity index (χ0v) is 36.2. The Hall–Kier alpha value is -7.76. The van der Waals surface area contributed by atoms with Gasteiger partial charge in [0.2, 0.25) is 0 Å². The molecule has 0 aliphatic rings. The number of hydrogen-bond donors (Lipinski definition) is 0. The van der Waals surface area contributed by atoms with Crippen LogP contribution in [0.2, 0.25) is 0 Å². The van der Waals surface area contributed by atoms with Crippen LogP contribution in [0.25, 0.3) is 107 Å². The molecule has 13 rings (SSSR count). The number of nitrogens with zero attached hydrogens (tertiary/aromatic N) is 1. The van der Waals surface area contributed by atoms with Crippen LogP contribution in [-0.4, -0.2) is 0 Å². The Labute approximate surface area is 378 Å². The highest BCUT2D eigenvalue weighted by atomic mass is 32.1. The second-order valence-electron chi connectivity index (χ2n) is 16.4. The van der Waals surface area contributed by atoms with E-state index in [4.69, 9.17) is 4.42 Å². The minimum atomic E-state index is 0.902. The van der Waals surface area contributed by atoms with Crippen LogP contribution < -0.4 is 4.90 Å². The van der Waals surface area contributed by atoms with Crippen LogP contribution in [0.3, 0.4) is 0 Å². The number of fused-ring (bicyclic) bond motifs is 9. The monoisotopic (exact) mass is 851 g/mol. The van der Waals surface area contributed by atoms with Gasteiger partial charge in [0.05, 0.1) is 0 Å². The van der Waals surface area contributed by atoms with Crippen molar-refractivity contribution in [3.05, 3.63) is 224 Å². The highest BCUT2D eigenvalue weighted by Crippen LogP contribution is 2.43. The smallest absolute Gasteiger partial charge is 0.136 e. The first-order valence-corrected chi connectivity index (χ1v) is 23.3. The second-order valence-corrected chi connectivity index (χ2v) is 18.6. The van der Waals surface area contributed by atoms with Gasteiger partial charge in [-0.05, 0) is 117 Å². The summed E-state index contributed by atoms with van der Waals surface area (Å²) < 4.78 is 11.5. The van der Waals surface area contributed by atoms with Crippen molar-refractivity contribution in [2.75, 3.05) is 4.90 Å². The van der Waals surface area contributed by atoms with E-state index in [1.165, 1.54) is 73.7 Å². The molecule has 3 aromatic heterocycles. The Morgan fingerprint density at radius 2 is 0.719 bits per heavy atom. The normalized spacial score (nSPS) is 11.8. The van der Waals surface area contributed by atoms with Crippen LogP contribution >= 0.6 is 22.7 Å². The topological polar surface area (TPSA) is 16.4 Å². The summed E-state index contributed by atoms with van der Waals surface area (Å²) in [5.74, 6) is 0. The van der Waals surface area contributed by atoms with Gasteiger partial charge < -0.3 is 9.32 Å². The molecule has 0 saturated heterocycles. The summed E-state index contributed by atoms with van der Waals surface area (Å²) in [7, 11) is 0. The van der Waals surface area contributed by atoms with E-state index in [0.29, 0.717) is 0 Å². The number of rotatable bonds is 7. The standard InChI is InChI=1S/C60H37NOS2/c1-4-14-53-51(10-1)59-47(12-7-15-54(59)62-53)41-25-32-45(33-26-41)61(46-34-27-42(28-35-46)48-13-8-18-57-60(48)52-11-3-6-17-56(52)63-57)44-30-23-39(24-31-44)38-19-21-40(22-20-38)43-29-36-50-49-9-2-5-16-55(49)64-58(50)37-43/h1-37H. The first-order chi connectivity index (χ1) is 31.7. The van der Waals surface area contributed by atoms with Gasteiger partial charge in [0.25, 0.3) is 0 Å². The van der Waals surface area contributed by atoms with Gasteiger partial charge in [-0.3, -0.25) is 0 Å². The first kappa shape index (κ1) is 36.9. The van der Waals surface area contributed by atoms with Gasteiger partial charge in [-0.2, -0.15) is 0 Å². The predicted molar refractivity (Wildman–Crippen MR) is 276 cm³/mol. The van der Waals surface area contributed by atoms with Crippen LogP contribution in [0.1, 0.15) is 0 Å². The number of furan rings is 1. The fraction of sp³-hybridized carbons (Fsp3) is 0. The average molecular weight is 852 g/mol. The summed E-state index contributed by atoms with van der Waals surface area (Å²) in [6, 6.07) is 81.6. The van der Waals surface area contributed by atoms with E-state index in [1.807, 2.05) is 34.8 Å². The SMILES string of the molecule is c1ccc2c(c1)oc1cccc(-c3ccc(N(c4ccc(-c5ccc(-c6ccc7c(c6)sc6ccccc67)cc5)cc4)c4ccc(-c5cccc6sc7ccccc7c56)cc4)cc3)c12. The van der Waals surface area contributed by atoms with Crippen LogP contribution in [0.5, 0.6) is 0 Å². The van der Waals surface area contributed by atoms with E-state index in [2.05, 4.69) is 217 Å². The van der Waals surface area contributed by atoms with Crippen molar-refractivity contribution in [3.63, 3.8) is 0 Å². The molecule has 0 spiro atoms. The number of hydrogen-bond acceptors (Lipinski definition) is 4. The van der Waals surface area contributed by atoms with Crippen LogP contribution in [-0.2, 0) is 0 Å². The number of para-hydroxylation sites is 1. The minimum absolute atomic E-state index is 0.902. The molecule has 4 heteroatoms. The molecule has 10 aromatic carbocycles. The molecule has 300 valence electrons. The Morgan fingerprint density at radius 1 is 0.281 bits per heavy atom. The fourth-order valence-electron chi connectivity index (χ4n) is 9.62. The molecule has 0 aliphatic heterocycles. The van der Waals surface area contributed by atoms with E-state index >= 15 is 0 Å². The first-order valence-electron chi connectivity index (χ1n) is 21.6. The van der Waals surface area contributed by atoms with Gasteiger partial charge in [0.15, 0.2) is 0 Å². The highest BCUT2D eigenvalue weighted by molar-refractivity contribution is 7.26. The maximum atomic E-state index is 6.26. The lowest BCUT2D eigenvalue weighted by Crippen LogP contribution is -2.09. The third-order valence-electron chi connectivity index (χ3n) is 12.7. The fourth-order valence-corrected chi connectivity index (χ4v) is 11.9. The maximum absolute atomic E-state index is 6.26. The van der Waals surface area contributed by atoms with Crippen molar-refractivity contribution in [1.82, 2.24) is 0 Å².